The van der Waals surface area contributed by atoms with Gasteiger partial charge in [-0.15, -0.1) is 0 Å². The summed E-state index contributed by atoms with van der Waals surface area (Å²) < 4.78 is 30.1. The van der Waals surface area contributed by atoms with Crippen LogP contribution >= 0.6 is 0 Å². The molecule has 3 aliphatic rings. The lowest BCUT2D eigenvalue weighted by Crippen LogP contribution is -2.38. The molecule has 128 valence electrons. The number of ether oxygens (including phenoxy) is 3. The topological polar surface area (TPSA) is 39.7 Å². The van der Waals surface area contributed by atoms with Crippen molar-refractivity contribution in [2.75, 3.05) is 26.5 Å². The number of nitrogens with one attached hydrogen (secondary N) is 1. The van der Waals surface area contributed by atoms with E-state index in [0.29, 0.717) is 25.2 Å². The molecule has 4 nitrogen and oxygen atoms in total. The normalized spacial score (nSPS) is 29.1. The molecule has 1 saturated heterocycles. The van der Waals surface area contributed by atoms with Crippen LogP contribution in [0.1, 0.15) is 24.3 Å². The molecule has 2 unspecified atom stereocenters. The average Bonchev–Trinajstić information content (AvgIpc) is 3.09. The Labute approximate surface area is 141 Å². The van der Waals surface area contributed by atoms with Gasteiger partial charge in [-0.3, -0.25) is 0 Å². The molecule has 24 heavy (non-hydrogen) atoms. The van der Waals surface area contributed by atoms with Crippen LogP contribution in [0, 0.1) is 11.7 Å². The second kappa shape index (κ2) is 6.95. The van der Waals surface area contributed by atoms with Gasteiger partial charge in [0.15, 0.2) is 5.76 Å². The standard InChI is InChI=1S/C19H22FNO3/c20-15-3-1-13(2-4-15)17-7-8-21-10-14(17)11-22-16-5-6-18-19(9-16)24-12-23-18/h1-6,14,16-17,21H,7-12H2/t14?,16?,17-/m0/s1. The van der Waals surface area contributed by atoms with Crippen molar-refractivity contribution in [2.45, 2.75) is 24.9 Å². The fourth-order valence-corrected chi connectivity index (χ4v) is 3.67. The number of halogens is 1. The molecule has 1 aromatic carbocycles. The van der Waals surface area contributed by atoms with Crippen molar-refractivity contribution < 1.29 is 18.6 Å². The summed E-state index contributed by atoms with van der Waals surface area (Å²) in [5.41, 5.74) is 1.20. The van der Waals surface area contributed by atoms with E-state index in [2.05, 4.69) is 5.32 Å². The monoisotopic (exact) mass is 331 g/mol. The lowest BCUT2D eigenvalue weighted by Gasteiger charge is -2.33. The summed E-state index contributed by atoms with van der Waals surface area (Å²) in [5.74, 6) is 2.32. The molecule has 1 N–H and O–H groups in total. The molecular formula is C19H22FNO3. The Kier molecular flexibility index (Phi) is 4.54. The van der Waals surface area contributed by atoms with Crippen molar-refractivity contribution in [3.63, 3.8) is 0 Å². The summed E-state index contributed by atoms with van der Waals surface area (Å²) in [5, 5.41) is 3.44. The molecule has 2 aliphatic heterocycles. The Morgan fingerprint density at radius 2 is 2.08 bits per heavy atom. The average molecular weight is 331 g/mol. The van der Waals surface area contributed by atoms with Gasteiger partial charge in [0.25, 0.3) is 0 Å². The maximum Gasteiger partial charge on any atom is 0.230 e. The lowest BCUT2D eigenvalue weighted by molar-refractivity contribution is 0.0301. The van der Waals surface area contributed by atoms with Gasteiger partial charge in [0.1, 0.15) is 11.6 Å². The van der Waals surface area contributed by atoms with Crippen LogP contribution in [0.3, 0.4) is 0 Å². The highest BCUT2D eigenvalue weighted by Gasteiger charge is 2.29. The zero-order valence-electron chi connectivity index (χ0n) is 13.5. The van der Waals surface area contributed by atoms with Crippen LogP contribution in [-0.4, -0.2) is 32.6 Å². The fourth-order valence-electron chi connectivity index (χ4n) is 3.67. The molecule has 1 aliphatic carbocycles. The molecule has 0 spiro atoms. The summed E-state index contributed by atoms with van der Waals surface area (Å²) >= 11 is 0. The molecule has 4 rings (SSSR count). The number of benzene rings is 1. The number of piperidine rings is 1. The molecule has 0 radical (unpaired) electrons. The van der Waals surface area contributed by atoms with Gasteiger partial charge in [0.05, 0.1) is 12.7 Å². The van der Waals surface area contributed by atoms with Gasteiger partial charge in [0, 0.05) is 18.9 Å². The molecule has 1 fully saturated rings. The van der Waals surface area contributed by atoms with Crippen LogP contribution < -0.4 is 5.32 Å². The van der Waals surface area contributed by atoms with E-state index >= 15 is 0 Å². The minimum atomic E-state index is -0.185. The number of hydrogen-bond acceptors (Lipinski definition) is 4. The molecule has 5 heteroatoms. The fraction of sp³-hybridized carbons (Fsp3) is 0.474. The minimum Gasteiger partial charge on any atom is -0.458 e. The highest BCUT2D eigenvalue weighted by molar-refractivity contribution is 5.25. The maximum atomic E-state index is 13.2. The van der Waals surface area contributed by atoms with Crippen molar-refractivity contribution in [2.24, 2.45) is 5.92 Å². The van der Waals surface area contributed by atoms with Gasteiger partial charge < -0.3 is 19.5 Å². The molecule has 1 aromatic rings. The second-order valence-corrected chi connectivity index (χ2v) is 6.54. The van der Waals surface area contributed by atoms with E-state index in [1.54, 1.807) is 12.1 Å². The molecule has 0 aromatic heterocycles. The van der Waals surface area contributed by atoms with E-state index in [-0.39, 0.29) is 11.9 Å². The first-order chi connectivity index (χ1) is 11.8. The first-order valence-corrected chi connectivity index (χ1v) is 8.54. The van der Waals surface area contributed by atoms with Gasteiger partial charge in [-0.1, -0.05) is 18.2 Å². The van der Waals surface area contributed by atoms with Crippen LogP contribution in [0.4, 0.5) is 4.39 Å². The second-order valence-electron chi connectivity index (χ2n) is 6.54. The van der Waals surface area contributed by atoms with Crippen LogP contribution in [0.25, 0.3) is 0 Å². The summed E-state index contributed by atoms with van der Waals surface area (Å²) in [6, 6.07) is 6.90. The molecule has 0 amide bonds. The van der Waals surface area contributed by atoms with E-state index in [9.17, 15) is 4.39 Å². The van der Waals surface area contributed by atoms with Crippen LogP contribution in [0.2, 0.25) is 0 Å². The summed E-state index contributed by atoms with van der Waals surface area (Å²) in [6.45, 7) is 2.89. The minimum absolute atomic E-state index is 0.0289. The summed E-state index contributed by atoms with van der Waals surface area (Å²) in [6.07, 6.45) is 5.78. The van der Waals surface area contributed by atoms with Crippen LogP contribution in [0.5, 0.6) is 0 Å². The molecule has 2 heterocycles. The first-order valence-electron chi connectivity index (χ1n) is 8.54. The summed E-state index contributed by atoms with van der Waals surface area (Å²) in [7, 11) is 0. The highest BCUT2D eigenvalue weighted by atomic mass is 19.1. The Morgan fingerprint density at radius 3 is 2.96 bits per heavy atom. The molecular weight excluding hydrogens is 309 g/mol. The quantitative estimate of drug-likeness (QED) is 0.920. The third kappa shape index (κ3) is 3.32. The van der Waals surface area contributed by atoms with Crippen LogP contribution in [0.15, 0.2) is 47.9 Å². The van der Waals surface area contributed by atoms with Gasteiger partial charge in [-0.05, 0) is 42.7 Å². The molecule has 3 atom stereocenters. The van der Waals surface area contributed by atoms with E-state index in [0.717, 1.165) is 37.4 Å². The van der Waals surface area contributed by atoms with Crippen molar-refractivity contribution >= 4 is 0 Å². The van der Waals surface area contributed by atoms with Gasteiger partial charge in [-0.2, -0.15) is 0 Å². The van der Waals surface area contributed by atoms with E-state index < -0.39 is 0 Å². The number of hydrogen-bond donors (Lipinski definition) is 1. The van der Waals surface area contributed by atoms with Gasteiger partial charge in [0.2, 0.25) is 6.79 Å². The first kappa shape index (κ1) is 15.7. The predicted octanol–water partition coefficient (Wildman–Crippen LogP) is 3.08. The SMILES string of the molecule is Fc1ccc([C@@H]2CCNCC2COC2C=CC3=C(C2)OCO3)cc1. The third-order valence-electron chi connectivity index (χ3n) is 5.00. The largest absolute Gasteiger partial charge is 0.458 e. The number of allylic oxidation sites excluding steroid dienone is 1. The van der Waals surface area contributed by atoms with E-state index in [1.165, 1.54) is 5.56 Å². The molecule has 0 bridgehead atoms. The van der Waals surface area contributed by atoms with E-state index in [4.69, 9.17) is 14.2 Å². The number of rotatable bonds is 4. The smallest absolute Gasteiger partial charge is 0.230 e. The lowest BCUT2D eigenvalue weighted by atomic mass is 9.81. The van der Waals surface area contributed by atoms with Crippen molar-refractivity contribution in [3.05, 3.63) is 59.3 Å². The van der Waals surface area contributed by atoms with E-state index in [1.807, 2.05) is 24.3 Å². The van der Waals surface area contributed by atoms with Crippen molar-refractivity contribution in [1.29, 1.82) is 0 Å². The van der Waals surface area contributed by atoms with Gasteiger partial charge in [-0.25, -0.2) is 4.39 Å². The zero-order chi connectivity index (χ0) is 16.4. The molecule has 0 saturated carbocycles. The Bertz CT molecular complexity index is 641. The Balaban J connectivity index is 1.37. The predicted molar refractivity (Wildman–Crippen MR) is 87.7 cm³/mol. The van der Waals surface area contributed by atoms with Crippen molar-refractivity contribution in [3.8, 4) is 0 Å². The third-order valence-corrected chi connectivity index (χ3v) is 5.00. The van der Waals surface area contributed by atoms with Crippen LogP contribution in [-0.2, 0) is 14.2 Å². The van der Waals surface area contributed by atoms with Gasteiger partial charge >= 0.3 is 0 Å². The summed E-state index contributed by atoms with van der Waals surface area (Å²) in [4.78, 5) is 0. The van der Waals surface area contributed by atoms with Crippen molar-refractivity contribution in [1.82, 2.24) is 5.32 Å². The Morgan fingerprint density at radius 1 is 1.21 bits per heavy atom. The highest BCUT2D eigenvalue weighted by Crippen LogP contribution is 2.32. The Hall–Kier alpha value is -1.85. The maximum absolute atomic E-state index is 13.2. The zero-order valence-corrected chi connectivity index (χ0v) is 13.5.